The van der Waals surface area contributed by atoms with E-state index in [0.29, 0.717) is 25.3 Å². The van der Waals surface area contributed by atoms with Crippen LogP contribution in [0.25, 0.3) is 0 Å². The summed E-state index contributed by atoms with van der Waals surface area (Å²) in [7, 11) is 0. The van der Waals surface area contributed by atoms with E-state index in [1.54, 1.807) is 0 Å². The summed E-state index contributed by atoms with van der Waals surface area (Å²) in [4.78, 5) is 25.7. The predicted molar refractivity (Wildman–Crippen MR) is 95.3 cm³/mol. The maximum absolute atomic E-state index is 14.1. The number of rotatable bonds is 4. The first kappa shape index (κ1) is 16.5. The number of nitrogens with zero attached hydrogens (tertiary/aromatic N) is 1. The molecule has 2 aliphatic rings. The number of amides is 3. The molecule has 0 aliphatic carbocycles. The highest BCUT2D eigenvalue weighted by atomic mass is 19.1. The third-order valence-corrected chi connectivity index (χ3v) is 4.72. The van der Waals surface area contributed by atoms with E-state index in [-0.39, 0.29) is 11.6 Å². The van der Waals surface area contributed by atoms with Crippen molar-refractivity contribution in [1.82, 2.24) is 16.0 Å². The van der Waals surface area contributed by atoms with E-state index < -0.39 is 11.7 Å². The van der Waals surface area contributed by atoms with Crippen LogP contribution in [0.15, 0.2) is 36.4 Å². The first-order valence-corrected chi connectivity index (χ1v) is 8.56. The Morgan fingerprint density at radius 1 is 1.15 bits per heavy atom. The van der Waals surface area contributed by atoms with Gasteiger partial charge in [0, 0.05) is 38.4 Å². The molecule has 3 amide bonds. The van der Waals surface area contributed by atoms with Crippen molar-refractivity contribution < 1.29 is 14.0 Å². The third-order valence-electron chi connectivity index (χ3n) is 4.72. The van der Waals surface area contributed by atoms with Crippen LogP contribution in [0.2, 0.25) is 0 Å². The van der Waals surface area contributed by atoms with Crippen molar-refractivity contribution in [2.75, 3.05) is 18.0 Å². The van der Waals surface area contributed by atoms with E-state index in [4.69, 9.17) is 0 Å². The maximum atomic E-state index is 14.1. The number of hydrogen-bond donors (Lipinski definition) is 3. The maximum Gasteiger partial charge on any atom is 0.321 e. The van der Waals surface area contributed by atoms with Crippen LogP contribution >= 0.6 is 0 Å². The fraction of sp³-hybridized carbons (Fsp3) is 0.263. The predicted octanol–water partition coefficient (Wildman–Crippen LogP) is 1.89. The lowest BCUT2D eigenvalue weighted by molar-refractivity contribution is 0.0947. The quantitative estimate of drug-likeness (QED) is 0.785. The van der Waals surface area contributed by atoms with Gasteiger partial charge in [-0.15, -0.1) is 0 Å². The topological polar surface area (TPSA) is 73.5 Å². The molecular formula is C19H19FN4O2. The van der Waals surface area contributed by atoms with E-state index in [0.717, 1.165) is 18.7 Å². The summed E-state index contributed by atoms with van der Waals surface area (Å²) in [6.07, 6.45) is 0. The lowest BCUT2D eigenvalue weighted by Gasteiger charge is -2.15. The zero-order valence-electron chi connectivity index (χ0n) is 14.1. The molecule has 2 aromatic rings. The van der Waals surface area contributed by atoms with Crippen LogP contribution in [0.3, 0.4) is 0 Å². The van der Waals surface area contributed by atoms with Gasteiger partial charge in [-0.05, 0) is 34.9 Å². The molecule has 0 spiro atoms. The third kappa shape index (κ3) is 3.13. The minimum atomic E-state index is -0.607. The van der Waals surface area contributed by atoms with Crippen LogP contribution in [-0.4, -0.2) is 25.0 Å². The molecule has 0 saturated carbocycles. The van der Waals surface area contributed by atoms with Crippen molar-refractivity contribution in [3.05, 3.63) is 64.5 Å². The Hall–Kier alpha value is -2.93. The van der Waals surface area contributed by atoms with Crippen molar-refractivity contribution in [1.29, 1.82) is 0 Å². The monoisotopic (exact) mass is 354 g/mol. The molecule has 7 heteroatoms. The Labute approximate surface area is 150 Å². The van der Waals surface area contributed by atoms with Gasteiger partial charge < -0.3 is 16.0 Å². The Balaban J connectivity index is 1.48. The van der Waals surface area contributed by atoms with Gasteiger partial charge in [-0.25, -0.2) is 9.18 Å². The molecule has 3 N–H and O–H groups in total. The van der Waals surface area contributed by atoms with E-state index in [2.05, 4.69) is 22.0 Å². The lowest BCUT2D eigenvalue weighted by Crippen LogP contribution is -2.29. The molecule has 2 heterocycles. The highest BCUT2D eigenvalue weighted by molar-refractivity contribution is 5.98. The largest absolute Gasteiger partial charge is 0.348 e. The fourth-order valence-corrected chi connectivity index (χ4v) is 3.31. The number of urea groups is 1. The van der Waals surface area contributed by atoms with Crippen LogP contribution in [0, 0.1) is 5.82 Å². The first-order chi connectivity index (χ1) is 12.6. The molecule has 0 unspecified atom stereocenters. The number of hydrogen-bond acceptors (Lipinski definition) is 3. The number of anilines is 1. The average Bonchev–Trinajstić information content (AvgIpc) is 3.28. The van der Waals surface area contributed by atoms with E-state index >= 15 is 0 Å². The van der Waals surface area contributed by atoms with Gasteiger partial charge in [-0.1, -0.05) is 18.2 Å². The van der Waals surface area contributed by atoms with Crippen molar-refractivity contribution in [3.8, 4) is 0 Å². The van der Waals surface area contributed by atoms with Crippen molar-refractivity contribution in [3.63, 3.8) is 0 Å². The molecule has 0 radical (unpaired) electrons. The van der Waals surface area contributed by atoms with E-state index in [9.17, 15) is 14.0 Å². The second kappa shape index (κ2) is 6.76. The van der Waals surface area contributed by atoms with Crippen LogP contribution < -0.4 is 20.9 Å². The summed E-state index contributed by atoms with van der Waals surface area (Å²) in [5.74, 6) is -1.11. The first-order valence-electron chi connectivity index (χ1n) is 8.56. The Kier molecular flexibility index (Phi) is 4.30. The zero-order valence-corrected chi connectivity index (χ0v) is 14.1. The lowest BCUT2D eigenvalue weighted by atomic mass is 10.1. The molecule has 26 heavy (non-hydrogen) atoms. The standard InChI is InChI=1S/C19H19FN4O2/c20-17-4-3-15(24-6-5-22-19(24)26)8-16(17)18(25)23-9-12-1-2-13-10-21-11-14(13)7-12/h1-4,7-8,21H,5-6,9-11H2,(H,22,26)(H,23,25). The highest BCUT2D eigenvalue weighted by Crippen LogP contribution is 2.21. The minimum absolute atomic E-state index is 0.0648. The highest BCUT2D eigenvalue weighted by Gasteiger charge is 2.23. The van der Waals surface area contributed by atoms with Gasteiger partial charge in [0.2, 0.25) is 0 Å². The number of halogens is 1. The van der Waals surface area contributed by atoms with Gasteiger partial charge in [0.1, 0.15) is 5.82 Å². The number of fused-ring (bicyclic) bond motifs is 1. The normalized spacial score (nSPS) is 15.7. The molecule has 6 nitrogen and oxygen atoms in total. The average molecular weight is 354 g/mol. The summed E-state index contributed by atoms with van der Waals surface area (Å²) in [5.41, 5.74) is 3.91. The second-order valence-corrected chi connectivity index (χ2v) is 6.44. The molecule has 0 atom stereocenters. The summed E-state index contributed by atoms with van der Waals surface area (Å²) < 4.78 is 14.1. The van der Waals surface area contributed by atoms with Gasteiger partial charge >= 0.3 is 6.03 Å². The summed E-state index contributed by atoms with van der Waals surface area (Å²) in [5, 5.41) is 8.72. The van der Waals surface area contributed by atoms with Crippen molar-refractivity contribution >= 4 is 17.6 Å². The smallest absolute Gasteiger partial charge is 0.321 e. The Morgan fingerprint density at radius 3 is 2.81 bits per heavy atom. The van der Waals surface area contributed by atoms with Crippen LogP contribution in [-0.2, 0) is 19.6 Å². The van der Waals surface area contributed by atoms with E-state index in [1.807, 2.05) is 12.1 Å². The molecule has 1 saturated heterocycles. The number of carbonyl (C=O) groups is 2. The minimum Gasteiger partial charge on any atom is -0.348 e. The van der Waals surface area contributed by atoms with Crippen molar-refractivity contribution in [2.45, 2.75) is 19.6 Å². The summed E-state index contributed by atoms with van der Waals surface area (Å²) >= 11 is 0. The van der Waals surface area contributed by atoms with Gasteiger partial charge in [0.25, 0.3) is 5.91 Å². The van der Waals surface area contributed by atoms with Crippen molar-refractivity contribution in [2.24, 2.45) is 0 Å². The Bertz CT molecular complexity index is 884. The van der Waals surface area contributed by atoms with E-state index in [1.165, 1.54) is 34.2 Å². The Morgan fingerprint density at radius 2 is 2.00 bits per heavy atom. The SMILES string of the molecule is O=C(NCc1ccc2c(c1)CNC2)c1cc(N2CCNC2=O)ccc1F. The van der Waals surface area contributed by atoms with Crippen LogP contribution in [0.5, 0.6) is 0 Å². The van der Waals surface area contributed by atoms with Crippen LogP contribution in [0.4, 0.5) is 14.9 Å². The molecule has 0 aromatic heterocycles. The second-order valence-electron chi connectivity index (χ2n) is 6.44. The summed E-state index contributed by atoms with van der Waals surface area (Å²) in [6.45, 7) is 3.04. The van der Waals surface area contributed by atoms with Gasteiger partial charge in [0.05, 0.1) is 5.56 Å². The molecule has 134 valence electrons. The molecule has 1 fully saturated rings. The van der Waals surface area contributed by atoms with Gasteiger partial charge in [-0.2, -0.15) is 0 Å². The van der Waals surface area contributed by atoms with Crippen LogP contribution in [0.1, 0.15) is 27.0 Å². The molecule has 4 rings (SSSR count). The molecular weight excluding hydrogens is 335 g/mol. The molecule has 0 bridgehead atoms. The molecule has 2 aromatic carbocycles. The zero-order chi connectivity index (χ0) is 18.1. The molecule has 2 aliphatic heterocycles. The van der Waals surface area contributed by atoms with Gasteiger partial charge in [-0.3, -0.25) is 9.69 Å². The fourth-order valence-electron chi connectivity index (χ4n) is 3.31. The summed E-state index contributed by atoms with van der Waals surface area (Å²) in [6, 6.07) is 9.97. The number of nitrogens with one attached hydrogen (secondary N) is 3. The number of benzene rings is 2. The number of carbonyl (C=O) groups excluding carboxylic acids is 2. The van der Waals surface area contributed by atoms with Gasteiger partial charge in [0.15, 0.2) is 0 Å².